The van der Waals surface area contributed by atoms with Gasteiger partial charge in [0, 0.05) is 11.6 Å². The second kappa shape index (κ2) is 3.67. The van der Waals surface area contributed by atoms with E-state index in [0.717, 1.165) is 11.3 Å². The van der Waals surface area contributed by atoms with Crippen LogP contribution in [0.4, 0.5) is 5.88 Å². The number of hydrogen-bond donors (Lipinski definition) is 1. The fourth-order valence-corrected chi connectivity index (χ4v) is 1.57. The molecule has 3 heteroatoms. The van der Waals surface area contributed by atoms with Crippen LogP contribution in [0.25, 0.3) is 11.3 Å². The highest BCUT2D eigenvalue weighted by Crippen LogP contribution is 2.27. The molecule has 0 aliphatic rings. The van der Waals surface area contributed by atoms with Gasteiger partial charge in [0.2, 0.25) is 5.88 Å². The lowest BCUT2D eigenvalue weighted by Gasteiger charge is -2.19. The van der Waals surface area contributed by atoms with Crippen LogP contribution < -0.4 is 5.73 Å². The average molecular weight is 216 g/mol. The molecule has 0 saturated heterocycles. The van der Waals surface area contributed by atoms with E-state index >= 15 is 0 Å². The fraction of sp³-hybridized carbons (Fsp3) is 0.308. The number of hydrogen-bond acceptors (Lipinski definition) is 3. The Kier molecular flexibility index (Phi) is 2.46. The Hall–Kier alpha value is -1.77. The predicted octanol–water partition coefficient (Wildman–Crippen LogP) is 3.22. The van der Waals surface area contributed by atoms with Crippen molar-refractivity contribution < 1.29 is 4.52 Å². The standard InChI is InChI=1S/C13H16N2O/c1-13(2,3)10-6-4-5-9(7-10)11-8-12(14)16-15-11/h4-8H,14H2,1-3H3. The van der Waals surface area contributed by atoms with Crippen LogP contribution in [0.2, 0.25) is 0 Å². The van der Waals surface area contributed by atoms with E-state index in [1.165, 1.54) is 5.56 Å². The first kappa shape index (κ1) is 10.7. The van der Waals surface area contributed by atoms with Gasteiger partial charge in [0.1, 0.15) is 5.69 Å². The summed E-state index contributed by atoms with van der Waals surface area (Å²) in [4.78, 5) is 0. The molecule has 0 amide bonds. The molecule has 0 atom stereocenters. The molecular formula is C13H16N2O. The van der Waals surface area contributed by atoms with Crippen molar-refractivity contribution in [3.8, 4) is 11.3 Å². The molecule has 0 saturated carbocycles. The third-order valence-corrected chi connectivity index (χ3v) is 2.55. The largest absolute Gasteiger partial charge is 0.368 e. The zero-order chi connectivity index (χ0) is 11.8. The predicted molar refractivity (Wildman–Crippen MR) is 65.1 cm³/mol. The molecule has 0 bridgehead atoms. The summed E-state index contributed by atoms with van der Waals surface area (Å²) >= 11 is 0. The van der Waals surface area contributed by atoms with Crippen molar-refractivity contribution in [2.45, 2.75) is 26.2 Å². The summed E-state index contributed by atoms with van der Waals surface area (Å²) in [7, 11) is 0. The maximum atomic E-state index is 5.51. The Labute approximate surface area is 95.3 Å². The average Bonchev–Trinajstić information content (AvgIpc) is 2.64. The van der Waals surface area contributed by atoms with Gasteiger partial charge in [0.25, 0.3) is 0 Å². The van der Waals surface area contributed by atoms with Crippen molar-refractivity contribution in [3.63, 3.8) is 0 Å². The number of nitrogens with zero attached hydrogens (tertiary/aromatic N) is 1. The van der Waals surface area contributed by atoms with Crippen LogP contribution in [-0.2, 0) is 5.41 Å². The van der Waals surface area contributed by atoms with Crippen LogP contribution in [0.15, 0.2) is 34.9 Å². The Balaban J connectivity index is 2.44. The Bertz CT molecular complexity index is 495. The van der Waals surface area contributed by atoms with Gasteiger partial charge in [-0.2, -0.15) is 0 Å². The van der Waals surface area contributed by atoms with Crippen molar-refractivity contribution >= 4 is 5.88 Å². The topological polar surface area (TPSA) is 52.0 Å². The molecule has 84 valence electrons. The first-order chi connectivity index (χ1) is 7.47. The van der Waals surface area contributed by atoms with Gasteiger partial charge in [-0.15, -0.1) is 0 Å². The Morgan fingerprint density at radius 2 is 1.94 bits per heavy atom. The zero-order valence-electron chi connectivity index (χ0n) is 9.82. The van der Waals surface area contributed by atoms with E-state index in [2.05, 4.69) is 38.1 Å². The molecule has 0 radical (unpaired) electrons. The van der Waals surface area contributed by atoms with Crippen LogP contribution >= 0.6 is 0 Å². The molecule has 16 heavy (non-hydrogen) atoms. The molecule has 2 aromatic rings. The smallest absolute Gasteiger partial charge is 0.222 e. The van der Waals surface area contributed by atoms with E-state index < -0.39 is 0 Å². The molecule has 1 aromatic heterocycles. The first-order valence-electron chi connectivity index (χ1n) is 5.30. The molecule has 1 heterocycles. The van der Waals surface area contributed by atoms with E-state index in [4.69, 9.17) is 10.3 Å². The minimum atomic E-state index is 0.130. The molecule has 0 unspecified atom stereocenters. The summed E-state index contributed by atoms with van der Waals surface area (Å²) in [6.45, 7) is 6.55. The van der Waals surface area contributed by atoms with Gasteiger partial charge in [-0.05, 0) is 17.0 Å². The number of anilines is 1. The van der Waals surface area contributed by atoms with Gasteiger partial charge >= 0.3 is 0 Å². The summed E-state index contributed by atoms with van der Waals surface area (Å²) in [5, 5.41) is 3.91. The van der Waals surface area contributed by atoms with Crippen molar-refractivity contribution in [1.82, 2.24) is 5.16 Å². The lowest BCUT2D eigenvalue weighted by atomic mass is 9.86. The molecule has 2 N–H and O–H groups in total. The van der Waals surface area contributed by atoms with Crippen LogP contribution in [0.1, 0.15) is 26.3 Å². The Morgan fingerprint density at radius 1 is 1.19 bits per heavy atom. The summed E-state index contributed by atoms with van der Waals surface area (Å²) < 4.78 is 4.87. The number of aromatic nitrogens is 1. The zero-order valence-corrected chi connectivity index (χ0v) is 9.82. The lowest BCUT2D eigenvalue weighted by molar-refractivity contribution is 0.439. The molecule has 0 fully saturated rings. The molecule has 3 nitrogen and oxygen atoms in total. The second-order valence-corrected chi connectivity index (χ2v) is 4.95. The summed E-state index contributed by atoms with van der Waals surface area (Å²) in [6, 6.07) is 10.0. The van der Waals surface area contributed by atoms with Gasteiger partial charge in [0.15, 0.2) is 0 Å². The SMILES string of the molecule is CC(C)(C)c1cccc(-c2cc(N)on2)c1. The number of nitrogen functional groups attached to an aromatic ring is 1. The van der Waals surface area contributed by atoms with Gasteiger partial charge in [0.05, 0.1) is 0 Å². The normalized spacial score (nSPS) is 11.7. The second-order valence-electron chi connectivity index (χ2n) is 4.95. The van der Waals surface area contributed by atoms with Crippen LogP contribution in [0, 0.1) is 0 Å². The molecule has 0 spiro atoms. The van der Waals surface area contributed by atoms with Crippen molar-refractivity contribution in [2.24, 2.45) is 0 Å². The van der Waals surface area contributed by atoms with Crippen molar-refractivity contribution in [3.05, 3.63) is 35.9 Å². The van der Waals surface area contributed by atoms with Gasteiger partial charge in [-0.3, -0.25) is 0 Å². The molecular weight excluding hydrogens is 200 g/mol. The maximum absolute atomic E-state index is 5.51. The van der Waals surface area contributed by atoms with E-state index in [1.54, 1.807) is 6.07 Å². The van der Waals surface area contributed by atoms with E-state index in [-0.39, 0.29) is 5.41 Å². The quantitative estimate of drug-likeness (QED) is 0.796. The van der Waals surface area contributed by atoms with Crippen LogP contribution in [-0.4, -0.2) is 5.16 Å². The van der Waals surface area contributed by atoms with Crippen LogP contribution in [0.5, 0.6) is 0 Å². The first-order valence-corrected chi connectivity index (χ1v) is 5.30. The number of rotatable bonds is 1. The van der Waals surface area contributed by atoms with Gasteiger partial charge < -0.3 is 10.3 Å². The fourth-order valence-electron chi connectivity index (χ4n) is 1.57. The summed E-state index contributed by atoms with van der Waals surface area (Å²) in [5.41, 5.74) is 8.73. The Morgan fingerprint density at radius 3 is 2.50 bits per heavy atom. The number of benzene rings is 1. The van der Waals surface area contributed by atoms with E-state index in [1.807, 2.05) is 12.1 Å². The van der Waals surface area contributed by atoms with Crippen molar-refractivity contribution in [1.29, 1.82) is 0 Å². The highest BCUT2D eigenvalue weighted by Gasteiger charge is 2.14. The third kappa shape index (κ3) is 2.08. The summed E-state index contributed by atoms with van der Waals surface area (Å²) in [5.74, 6) is 0.344. The minimum Gasteiger partial charge on any atom is -0.368 e. The molecule has 1 aromatic carbocycles. The molecule has 0 aliphatic carbocycles. The maximum Gasteiger partial charge on any atom is 0.222 e. The third-order valence-electron chi connectivity index (χ3n) is 2.55. The van der Waals surface area contributed by atoms with Gasteiger partial charge in [-0.1, -0.05) is 44.1 Å². The number of nitrogens with two attached hydrogens (primary N) is 1. The highest BCUT2D eigenvalue weighted by molar-refractivity contribution is 5.62. The minimum absolute atomic E-state index is 0.130. The molecule has 0 aliphatic heterocycles. The lowest BCUT2D eigenvalue weighted by Crippen LogP contribution is -2.10. The van der Waals surface area contributed by atoms with Crippen LogP contribution in [0.3, 0.4) is 0 Å². The highest BCUT2D eigenvalue weighted by atomic mass is 16.5. The van der Waals surface area contributed by atoms with E-state index in [0.29, 0.717) is 5.88 Å². The summed E-state index contributed by atoms with van der Waals surface area (Å²) in [6.07, 6.45) is 0. The van der Waals surface area contributed by atoms with Crippen molar-refractivity contribution in [2.75, 3.05) is 5.73 Å². The molecule has 2 rings (SSSR count). The van der Waals surface area contributed by atoms with E-state index in [9.17, 15) is 0 Å². The van der Waals surface area contributed by atoms with Gasteiger partial charge in [-0.25, -0.2) is 0 Å². The monoisotopic (exact) mass is 216 g/mol.